The number of rotatable bonds is 5. The highest BCUT2D eigenvalue weighted by Crippen LogP contribution is 2.34. The van der Waals surface area contributed by atoms with Crippen LogP contribution in [0.25, 0.3) is 0 Å². The molecule has 1 saturated heterocycles. The summed E-state index contributed by atoms with van der Waals surface area (Å²) < 4.78 is 0. The number of aliphatic hydroxyl groups excluding tert-OH is 1. The van der Waals surface area contributed by atoms with E-state index in [0.29, 0.717) is 5.02 Å². The van der Waals surface area contributed by atoms with Crippen molar-refractivity contribution in [3.8, 4) is 0 Å². The molecule has 0 radical (unpaired) electrons. The molecule has 116 valence electrons. The SMILES string of the molecule is Cc1cc([N+](=O)[O-])cc(Cl)c1N1CCN(CCCO)CC1. The lowest BCUT2D eigenvalue weighted by molar-refractivity contribution is -0.384. The Bertz CT molecular complexity index is 493. The fourth-order valence-corrected chi connectivity index (χ4v) is 3.09. The van der Waals surface area contributed by atoms with Crippen LogP contribution in [-0.2, 0) is 0 Å². The van der Waals surface area contributed by atoms with Crippen LogP contribution < -0.4 is 4.90 Å². The monoisotopic (exact) mass is 313 g/mol. The summed E-state index contributed by atoms with van der Waals surface area (Å²) in [4.78, 5) is 14.9. The summed E-state index contributed by atoms with van der Waals surface area (Å²) in [6.45, 7) is 6.46. The third kappa shape index (κ3) is 3.84. The van der Waals surface area contributed by atoms with Gasteiger partial charge in [-0.05, 0) is 18.9 Å². The van der Waals surface area contributed by atoms with Crippen LogP contribution in [0.2, 0.25) is 5.02 Å². The fourth-order valence-electron chi connectivity index (χ4n) is 2.71. The van der Waals surface area contributed by atoms with Gasteiger partial charge in [0.15, 0.2) is 0 Å². The first-order valence-electron chi connectivity index (χ1n) is 7.05. The highest BCUT2D eigenvalue weighted by atomic mass is 35.5. The van der Waals surface area contributed by atoms with Crippen molar-refractivity contribution in [3.05, 3.63) is 32.8 Å². The molecule has 1 heterocycles. The molecule has 0 atom stereocenters. The number of piperazine rings is 1. The first kappa shape index (κ1) is 16.0. The van der Waals surface area contributed by atoms with Crippen LogP contribution in [0.3, 0.4) is 0 Å². The van der Waals surface area contributed by atoms with Gasteiger partial charge < -0.3 is 10.0 Å². The number of aryl methyl sites for hydroxylation is 1. The van der Waals surface area contributed by atoms with Crippen LogP contribution in [0, 0.1) is 17.0 Å². The van der Waals surface area contributed by atoms with Crippen LogP contribution in [0.15, 0.2) is 12.1 Å². The van der Waals surface area contributed by atoms with E-state index in [-0.39, 0.29) is 12.3 Å². The Labute approximate surface area is 129 Å². The van der Waals surface area contributed by atoms with E-state index in [4.69, 9.17) is 16.7 Å². The topological polar surface area (TPSA) is 69.9 Å². The lowest BCUT2D eigenvalue weighted by Crippen LogP contribution is -2.47. The second-order valence-corrected chi connectivity index (χ2v) is 5.66. The average molecular weight is 314 g/mol. The van der Waals surface area contributed by atoms with Gasteiger partial charge >= 0.3 is 0 Å². The highest BCUT2D eigenvalue weighted by molar-refractivity contribution is 6.33. The highest BCUT2D eigenvalue weighted by Gasteiger charge is 2.22. The maximum atomic E-state index is 10.8. The van der Waals surface area contributed by atoms with Crippen LogP contribution in [-0.4, -0.2) is 54.3 Å². The van der Waals surface area contributed by atoms with Crippen LogP contribution >= 0.6 is 11.6 Å². The largest absolute Gasteiger partial charge is 0.396 e. The van der Waals surface area contributed by atoms with E-state index in [1.165, 1.54) is 6.07 Å². The van der Waals surface area contributed by atoms with E-state index in [2.05, 4.69) is 9.80 Å². The van der Waals surface area contributed by atoms with Gasteiger partial charge in [0, 0.05) is 51.5 Å². The molecule has 1 aromatic rings. The van der Waals surface area contributed by atoms with Gasteiger partial charge in [0.05, 0.1) is 15.6 Å². The average Bonchev–Trinajstić information content (AvgIpc) is 2.45. The summed E-state index contributed by atoms with van der Waals surface area (Å²) in [5.74, 6) is 0. The van der Waals surface area contributed by atoms with Gasteiger partial charge in [-0.15, -0.1) is 0 Å². The minimum Gasteiger partial charge on any atom is -0.396 e. The van der Waals surface area contributed by atoms with Crippen LogP contribution in [0.5, 0.6) is 0 Å². The number of hydrogen-bond donors (Lipinski definition) is 1. The molecule has 1 N–H and O–H groups in total. The number of nitro groups is 1. The minimum atomic E-state index is -0.421. The number of aliphatic hydroxyl groups is 1. The molecule has 0 aliphatic carbocycles. The number of nitrogens with zero attached hydrogens (tertiary/aromatic N) is 3. The summed E-state index contributed by atoms with van der Waals surface area (Å²) in [6.07, 6.45) is 0.789. The van der Waals surface area contributed by atoms with Gasteiger partial charge in [-0.3, -0.25) is 15.0 Å². The summed E-state index contributed by atoms with van der Waals surface area (Å²) >= 11 is 6.24. The number of hydrogen-bond acceptors (Lipinski definition) is 5. The van der Waals surface area contributed by atoms with E-state index >= 15 is 0 Å². The molecule has 1 aromatic carbocycles. The minimum absolute atomic E-state index is 0.0304. The van der Waals surface area contributed by atoms with Gasteiger partial charge in [-0.1, -0.05) is 11.6 Å². The Morgan fingerprint density at radius 1 is 1.33 bits per heavy atom. The van der Waals surface area contributed by atoms with Gasteiger partial charge in [-0.2, -0.15) is 0 Å². The molecule has 0 amide bonds. The molecule has 1 fully saturated rings. The lowest BCUT2D eigenvalue weighted by Gasteiger charge is -2.37. The van der Waals surface area contributed by atoms with E-state index in [1.54, 1.807) is 6.07 Å². The smallest absolute Gasteiger partial charge is 0.271 e. The Morgan fingerprint density at radius 3 is 2.52 bits per heavy atom. The van der Waals surface area contributed by atoms with Crippen molar-refractivity contribution in [2.45, 2.75) is 13.3 Å². The molecule has 1 aliphatic heterocycles. The second kappa shape index (κ2) is 7.06. The predicted molar refractivity (Wildman–Crippen MR) is 83.2 cm³/mol. The molecule has 21 heavy (non-hydrogen) atoms. The van der Waals surface area contributed by atoms with Crippen molar-refractivity contribution in [3.63, 3.8) is 0 Å². The first-order chi connectivity index (χ1) is 10.0. The van der Waals surface area contributed by atoms with Crippen molar-refractivity contribution in [2.75, 3.05) is 44.2 Å². The van der Waals surface area contributed by atoms with Crippen molar-refractivity contribution in [1.82, 2.24) is 4.90 Å². The summed E-state index contributed by atoms with van der Waals surface area (Å²) in [6, 6.07) is 2.99. The predicted octanol–water partition coefficient (Wildman–Crippen LogP) is 2.06. The van der Waals surface area contributed by atoms with E-state index in [1.807, 2.05) is 6.92 Å². The Hall–Kier alpha value is -1.37. The van der Waals surface area contributed by atoms with Crippen LogP contribution in [0.1, 0.15) is 12.0 Å². The third-order valence-electron chi connectivity index (χ3n) is 3.77. The summed E-state index contributed by atoms with van der Waals surface area (Å²) in [5.41, 5.74) is 1.75. The zero-order valence-electron chi connectivity index (χ0n) is 12.1. The van der Waals surface area contributed by atoms with E-state index in [9.17, 15) is 10.1 Å². The third-order valence-corrected chi connectivity index (χ3v) is 4.06. The zero-order chi connectivity index (χ0) is 15.4. The number of anilines is 1. The molecular weight excluding hydrogens is 294 g/mol. The molecule has 6 nitrogen and oxygen atoms in total. The Kier molecular flexibility index (Phi) is 5.39. The quantitative estimate of drug-likeness (QED) is 0.665. The summed E-state index contributed by atoms with van der Waals surface area (Å²) in [7, 11) is 0. The van der Waals surface area contributed by atoms with E-state index < -0.39 is 4.92 Å². The molecule has 2 rings (SSSR count). The van der Waals surface area contributed by atoms with Gasteiger partial charge in [0.1, 0.15) is 0 Å². The molecule has 1 aliphatic rings. The zero-order valence-corrected chi connectivity index (χ0v) is 12.8. The first-order valence-corrected chi connectivity index (χ1v) is 7.43. The number of halogens is 1. The van der Waals surface area contributed by atoms with Gasteiger partial charge in [-0.25, -0.2) is 0 Å². The second-order valence-electron chi connectivity index (χ2n) is 5.26. The normalized spacial score (nSPS) is 16.2. The maximum absolute atomic E-state index is 10.8. The van der Waals surface area contributed by atoms with Crippen molar-refractivity contribution >= 4 is 23.0 Å². The Morgan fingerprint density at radius 2 is 2.00 bits per heavy atom. The maximum Gasteiger partial charge on any atom is 0.271 e. The number of nitro benzene ring substituents is 1. The molecule has 0 saturated carbocycles. The number of non-ortho nitro benzene ring substituents is 1. The summed E-state index contributed by atoms with van der Waals surface area (Å²) in [5, 5.41) is 20.1. The molecule has 7 heteroatoms. The lowest BCUT2D eigenvalue weighted by atomic mass is 10.1. The van der Waals surface area contributed by atoms with Crippen molar-refractivity contribution < 1.29 is 10.0 Å². The fraction of sp³-hybridized carbons (Fsp3) is 0.571. The molecule has 0 aromatic heterocycles. The van der Waals surface area contributed by atoms with E-state index in [0.717, 1.165) is 50.4 Å². The van der Waals surface area contributed by atoms with Gasteiger partial charge in [0.2, 0.25) is 0 Å². The molecule has 0 bridgehead atoms. The molecular formula is C14H20ClN3O3. The van der Waals surface area contributed by atoms with Crippen LogP contribution in [0.4, 0.5) is 11.4 Å². The molecule has 0 spiro atoms. The van der Waals surface area contributed by atoms with Crippen molar-refractivity contribution in [1.29, 1.82) is 0 Å². The standard InChI is InChI=1S/C14H20ClN3O3/c1-11-9-12(18(20)21)10-13(15)14(11)17-6-4-16(5-7-17)3-2-8-19/h9-10,19H,2-8H2,1H3. The number of benzene rings is 1. The van der Waals surface area contributed by atoms with Gasteiger partial charge in [0.25, 0.3) is 5.69 Å². The Balaban J connectivity index is 2.08. The molecule has 0 unspecified atom stereocenters. The van der Waals surface area contributed by atoms with Crippen molar-refractivity contribution in [2.24, 2.45) is 0 Å².